The monoisotopic (exact) mass is 1210 g/mol. The highest BCUT2D eigenvalue weighted by molar-refractivity contribution is 7.44. The number of phenolic OH excluding ortho intramolecular Hbond substituents is 1. The third-order valence-corrected chi connectivity index (χ3v) is 18.0. The molecule has 5 aliphatic heterocycles. The van der Waals surface area contributed by atoms with Crippen LogP contribution < -0.4 is 20.7 Å². The van der Waals surface area contributed by atoms with Crippen molar-refractivity contribution >= 4 is 58.1 Å². The summed E-state index contributed by atoms with van der Waals surface area (Å²) in [5.41, 5.74) is -0.673. The Morgan fingerprint density at radius 3 is 2.27 bits per heavy atom. The number of nitrogens with one attached hydrogen (secondary N) is 3. The van der Waals surface area contributed by atoms with Gasteiger partial charge in [-0.05, 0) is 51.6 Å². The Morgan fingerprint density at radius 2 is 1.63 bits per heavy atom. The molecule has 0 radical (unpaired) electrons. The van der Waals surface area contributed by atoms with E-state index in [4.69, 9.17) is 33.4 Å². The number of fused-ring (bicyclic) bond motifs is 13. The molecule has 5 N–H and O–H groups in total. The summed E-state index contributed by atoms with van der Waals surface area (Å²) < 4.78 is 59.0. The Morgan fingerprint density at radius 1 is 0.940 bits per heavy atom. The third-order valence-electron chi connectivity index (χ3n) is 16.4. The number of Topliss-reactive ketones (excluding diaryl/α,β-unsaturated/α-hetero) is 2. The molecule has 0 aromatic heterocycles. The molecule has 0 saturated carbocycles. The van der Waals surface area contributed by atoms with Crippen molar-refractivity contribution in [2.24, 2.45) is 34.6 Å². The fraction of sp³-hybridized carbons (Fsp3) is 0.650. The van der Waals surface area contributed by atoms with E-state index in [-0.39, 0.29) is 93.8 Å². The molecule has 24 heteroatoms. The minimum absolute atomic E-state index is 0.00922. The van der Waals surface area contributed by atoms with Crippen molar-refractivity contribution in [1.82, 2.24) is 25.8 Å². The molecule has 1 spiro atoms. The number of likely N-dealkylation sites (tertiary alicyclic amines) is 1. The molecular formula is C60H86N6O16P2. The largest absolute Gasteiger partial charge is 0.507 e. The van der Waals surface area contributed by atoms with Gasteiger partial charge in [-0.25, -0.2) is 4.79 Å². The first kappa shape index (κ1) is 67.2. The number of hydrogen-bond donors (Lipinski definition) is 5. The van der Waals surface area contributed by atoms with Crippen molar-refractivity contribution in [2.75, 3.05) is 59.5 Å². The van der Waals surface area contributed by atoms with Gasteiger partial charge in [-0.3, -0.25) is 43.0 Å². The number of aliphatic hydroxyl groups is 1. The van der Waals surface area contributed by atoms with E-state index in [1.54, 1.807) is 51.7 Å². The van der Waals surface area contributed by atoms with Gasteiger partial charge in [0.15, 0.2) is 16.9 Å². The van der Waals surface area contributed by atoms with E-state index in [0.717, 1.165) is 13.0 Å². The van der Waals surface area contributed by atoms with Gasteiger partial charge in [0.05, 0.1) is 54.2 Å². The molecule has 1 aliphatic carbocycles. The van der Waals surface area contributed by atoms with Crippen LogP contribution in [0.15, 0.2) is 52.5 Å². The van der Waals surface area contributed by atoms with Crippen molar-refractivity contribution in [3.63, 3.8) is 0 Å². The molecule has 1 fully saturated rings. The molecule has 6 aliphatic rings. The quantitative estimate of drug-likeness (QED) is 0.0357. The fourth-order valence-corrected chi connectivity index (χ4v) is 12.3. The van der Waals surface area contributed by atoms with Gasteiger partial charge < -0.3 is 59.5 Å². The number of unbranched alkanes of at least 4 members (excludes halogenated alkanes) is 2. The van der Waals surface area contributed by atoms with E-state index in [1.165, 1.54) is 46.3 Å². The van der Waals surface area contributed by atoms with E-state index >= 15 is 4.79 Å². The number of ether oxygens (including phenoxy) is 6. The molecule has 7 rings (SSSR count). The van der Waals surface area contributed by atoms with Crippen LogP contribution in [0.4, 0.5) is 4.79 Å². The Kier molecular flexibility index (Phi) is 24.0. The smallest absolute Gasteiger partial charge is 0.407 e. The molecular weight excluding hydrogens is 1120 g/mol. The van der Waals surface area contributed by atoms with E-state index in [2.05, 4.69) is 34.7 Å². The number of benzene rings is 1. The lowest BCUT2D eigenvalue weighted by Crippen LogP contribution is -2.50. The van der Waals surface area contributed by atoms with Gasteiger partial charge in [0.25, 0.3) is 11.7 Å². The predicted octanol–water partition coefficient (Wildman–Crippen LogP) is 8.07. The van der Waals surface area contributed by atoms with Crippen LogP contribution in [-0.2, 0) is 47.2 Å². The standard InChI is InChI=1S/C60H86N6O16P2/c1-13-14-29-78-58(74)61-24-28-65(25-16-15-20-43(83-75)84-76)32-42(68)81-53-34(4)18-17-19-35(5)57(73)62-49-48-47(63-60(64-48)22-26-66(27-23-60)31-33(2)3)44-45(52(49)71)51(70)39(9)55-46(44)56(72)59(11,82-55)79-30-21-41(77-12)36(6)54(80-40(10)67)38(8)50(69)37(53)7/h17-19,21,30,33-34,36-38,41,43,50,53-54,64,69-70H,13-16,20,22-29,31-32H2,1-12H3,(H,61,74)(H,62,73)/b18-17+,30-21+,35-19-/t34-,36+,37-,38+,41-,50+,53-,54+,59-/m0/s1. The van der Waals surface area contributed by atoms with Gasteiger partial charge in [0.1, 0.15) is 40.5 Å². The number of nitrogens with zero attached hydrogens (tertiary/aromatic N) is 3. The first-order chi connectivity index (χ1) is 39.8. The molecule has 2 amide bonds. The van der Waals surface area contributed by atoms with Crippen LogP contribution in [0.1, 0.15) is 146 Å². The molecule has 462 valence electrons. The molecule has 9 atom stereocenters. The molecule has 5 heterocycles. The number of carbonyl (C=O) groups excluding carboxylic acids is 6. The summed E-state index contributed by atoms with van der Waals surface area (Å²) in [4.78, 5) is 93.4. The number of hydrogen-bond acceptors (Lipinski definition) is 20. The number of phenols is 1. The van der Waals surface area contributed by atoms with Gasteiger partial charge in [-0.2, -0.15) is 0 Å². The zero-order valence-corrected chi connectivity index (χ0v) is 52.4. The molecule has 1 aromatic rings. The van der Waals surface area contributed by atoms with Crippen molar-refractivity contribution in [2.45, 2.75) is 162 Å². The number of alkyl carbamates (subject to hydrolysis) is 1. The topological polar surface area (TPSA) is 287 Å². The number of aliphatic hydroxyl groups excluding tert-OH is 1. The highest BCUT2D eigenvalue weighted by Gasteiger charge is 2.54. The van der Waals surface area contributed by atoms with Gasteiger partial charge in [-0.1, -0.05) is 79.5 Å². The molecule has 84 heavy (non-hydrogen) atoms. The number of allylic oxidation sites excluding steroid dienone is 4. The second-order valence-corrected chi connectivity index (χ2v) is 25.4. The van der Waals surface area contributed by atoms with Gasteiger partial charge in [-0.15, -0.1) is 0 Å². The summed E-state index contributed by atoms with van der Waals surface area (Å²) in [6.07, 6.45) is 6.82. The summed E-state index contributed by atoms with van der Waals surface area (Å²) in [5, 5.41) is 32.9. The van der Waals surface area contributed by atoms with E-state index in [0.29, 0.717) is 64.1 Å². The molecule has 22 nitrogen and oxygen atoms in total. The SMILES string of the molecule is CCCCOC(=O)NCCN(CCCCC(P=O)P=O)CC(=O)O[C@@H]1[C@@H](C)[C@@H](O)[C@@H](C)[C@H](OC(C)=O)[C@H](C)[C@@H](OC)/C=C/O[C@@]2(C)Oc3c(C)c(O)c4c(c3C2=O)C2=NC3(CCN(CC(C)C)CC3)NC2=C(NC(=O)/C(C)=C\C=C\[C@@H]1C)C4=O. The van der Waals surface area contributed by atoms with Crippen LogP contribution in [0.2, 0.25) is 0 Å². The number of methoxy groups -OCH3 is 1. The zero-order valence-electron chi connectivity index (χ0n) is 50.6. The zero-order chi connectivity index (χ0) is 61.8. The Hall–Kier alpha value is -5.89. The van der Waals surface area contributed by atoms with Crippen LogP contribution in [0.5, 0.6) is 11.5 Å². The lowest BCUT2D eigenvalue weighted by molar-refractivity contribution is -0.166. The van der Waals surface area contributed by atoms with Crippen LogP contribution in [-0.4, -0.2) is 162 Å². The first-order valence-electron chi connectivity index (χ1n) is 29.2. The lowest BCUT2D eigenvalue weighted by Gasteiger charge is -2.39. The Bertz CT molecular complexity index is 2780. The normalized spacial score (nSPS) is 28.2. The number of aliphatic imine (C=N–C) groups is 1. The summed E-state index contributed by atoms with van der Waals surface area (Å²) >= 11 is 0. The second kappa shape index (κ2) is 30.0. The summed E-state index contributed by atoms with van der Waals surface area (Å²) in [5.74, 6) is -8.52. The number of amides is 2. The van der Waals surface area contributed by atoms with Crippen molar-refractivity contribution in [3.05, 3.63) is 69.8 Å². The van der Waals surface area contributed by atoms with Gasteiger partial charge >= 0.3 is 23.8 Å². The number of piperidine rings is 1. The van der Waals surface area contributed by atoms with Crippen molar-refractivity contribution < 1.29 is 76.5 Å². The maximum absolute atomic E-state index is 15.0. The number of carbonyl (C=O) groups is 6. The van der Waals surface area contributed by atoms with Crippen LogP contribution in [0, 0.1) is 36.5 Å². The average Bonchev–Trinajstić information content (AvgIpc) is 1.92. The minimum atomic E-state index is -2.05. The number of aromatic hydroxyl groups is 1. The maximum atomic E-state index is 15.0. The maximum Gasteiger partial charge on any atom is 0.407 e. The first-order valence-corrected chi connectivity index (χ1v) is 31.0. The number of rotatable bonds is 20. The molecule has 5 bridgehead atoms. The number of esters is 2. The van der Waals surface area contributed by atoms with Crippen molar-refractivity contribution in [3.8, 4) is 11.5 Å². The van der Waals surface area contributed by atoms with E-state index in [1.807, 2.05) is 6.92 Å². The molecule has 1 saturated heterocycles. The highest BCUT2D eigenvalue weighted by Crippen LogP contribution is 2.50. The summed E-state index contributed by atoms with van der Waals surface area (Å²) in [6.45, 7) is 21.9. The fourth-order valence-electron chi connectivity index (χ4n) is 11.6. The van der Waals surface area contributed by atoms with Crippen molar-refractivity contribution in [1.29, 1.82) is 0 Å². The van der Waals surface area contributed by atoms with Crippen LogP contribution in [0.3, 0.4) is 0 Å². The van der Waals surface area contributed by atoms with E-state index in [9.17, 15) is 43.3 Å². The Balaban J connectivity index is 1.40. The third kappa shape index (κ3) is 15.9. The molecule has 0 unspecified atom stereocenters. The summed E-state index contributed by atoms with van der Waals surface area (Å²) in [6, 6.07) is 0. The lowest BCUT2D eigenvalue weighted by atomic mass is 9.78. The van der Waals surface area contributed by atoms with Gasteiger partial charge in [0, 0.05) is 107 Å². The molecule has 1 aromatic carbocycles. The van der Waals surface area contributed by atoms with Gasteiger partial charge in [0.2, 0.25) is 5.78 Å². The van der Waals surface area contributed by atoms with Crippen LogP contribution >= 0.6 is 16.9 Å². The summed E-state index contributed by atoms with van der Waals surface area (Å²) in [7, 11) is 0.960. The predicted molar refractivity (Wildman–Crippen MR) is 314 cm³/mol. The van der Waals surface area contributed by atoms with Crippen LogP contribution in [0.25, 0.3) is 0 Å². The average molecular weight is 1210 g/mol. The second-order valence-electron chi connectivity index (χ2n) is 23.4. The van der Waals surface area contributed by atoms with E-state index < -0.39 is 106 Å². The number of ketones is 2. The minimum Gasteiger partial charge on any atom is -0.507 e. The highest BCUT2D eigenvalue weighted by atomic mass is 31.1. The Labute approximate surface area is 496 Å².